The number of aromatic nitrogens is 2. The minimum atomic E-state index is -0.917. The maximum atomic E-state index is 13.3. The molecule has 7 nitrogen and oxygen atoms in total. The second-order valence-electron chi connectivity index (χ2n) is 7.64. The van der Waals surface area contributed by atoms with E-state index in [4.69, 9.17) is 20.9 Å². The highest BCUT2D eigenvalue weighted by Crippen LogP contribution is 2.36. The third-order valence-electron chi connectivity index (χ3n) is 5.34. The number of nitrogens with two attached hydrogens (primary N) is 1. The van der Waals surface area contributed by atoms with Gasteiger partial charge in [0.2, 0.25) is 5.78 Å². The molecule has 0 saturated carbocycles. The predicted molar refractivity (Wildman–Crippen MR) is 135 cm³/mol. The van der Waals surface area contributed by atoms with Gasteiger partial charge in [0, 0.05) is 18.3 Å². The van der Waals surface area contributed by atoms with Crippen LogP contribution in [0.15, 0.2) is 42.9 Å². The Morgan fingerprint density at radius 1 is 1.39 bits per heavy atom. The van der Waals surface area contributed by atoms with E-state index in [1.54, 1.807) is 6.07 Å². The molecule has 33 heavy (non-hydrogen) atoms. The number of benzene rings is 1. The van der Waals surface area contributed by atoms with Crippen molar-refractivity contribution in [3.63, 3.8) is 0 Å². The number of carbonyl (C=O) groups is 1. The first kappa shape index (κ1) is 25.6. The van der Waals surface area contributed by atoms with Crippen molar-refractivity contribution in [1.29, 1.82) is 0 Å². The molecule has 0 saturated heterocycles. The van der Waals surface area contributed by atoms with Gasteiger partial charge in [-0.1, -0.05) is 54.8 Å². The summed E-state index contributed by atoms with van der Waals surface area (Å²) in [6.45, 7) is 5.24. The number of nitrogens with one attached hydrogen (secondary N) is 1. The lowest BCUT2D eigenvalue weighted by Crippen LogP contribution is -2.15. The fourth-order valence-corrected chi connectivity index (χ4v) is 4.95. The van der Waals surface area contributed by atoms with Crippen LogP contribution in [0.25, 0.3) is 0 Å². The first-order valence-electron chi connectivity index (χ1n) is 10.5. The molecule has 0 radical (unpaired) electrons. The van der Waals surface area contributed by atoms with Crippen LogP contribution in [0.2, 0.25) is 4.34 Å². The molecule has 2 heterocycles. The predicted octanol–water partition coefficient (Wildman–Crippen LogP) is 5.18. The third-order valence-corrected chi connectivity index (χ3v) is 7.00. The summed E-state index contributed by atoms with van der Waals surface area (Å²) in [5.74, 6) is 0.559. The van der Waals surface area contributed by atoms with Gasteiger partial charge >= 0.3 is 0 Å². The standard InChI is InChI=1S/C23H27ClN4O3S2/c1-3-15(12-31-33-25)7-8-27-23-18(11-26-13-28-23)21(30)19-10-17(22(24)32-19)20(29)16-6-4-5-14(2)9-16/h4-6,9-11,13,15,20,29H,3,7-8,12,25H2,1-2H3,(H,26,27,28). The lowest BCUT2D eigenvalue weighted by molar-refractivity contribution is 0.104. The molecule has 0 spiro atoms. The van der Waals surface area contributed by atoms with E-state index in [2.05, 4.69) is 22.2 Å². The highest BCUT2D eigenvalue weighted by atomic mass is 35.5. The van der Waals surface area contributed by atoms with Gasteiger partial charge in [0.25, 0.3) is 0 Å². The van der Waals surface area contributed by atoms with Crippen molar-refractivity contribution >= 4 is 46.8 Å². The van der Waals surface area contributed by atoms with Crippen LogP contribution >= 0.6 is 35.2 Å². The smallest absolute Gasteiger partial charge is 0.208 e. The number of rotatable bonds is 12. The molecule has 2 atom stereocenters. The summed E-state index contributed by atoms with van der Waals surface area (Å²) in [4.78, 5) is 22.0. The van der Waals surface area contributed by atoms with Crippen LogP contribution in [-0.2, 0) is 4.18 Å². The number of hydrogen-bond donors (Lipinski definition) is 3. The number of nitrogens with zero attached hydrogens (tertiary/aromatic N) is 2. The Hall–Kier alpha value is -2.01. The summed E-state index contributed by atoms with van der Waals surface area (Å²) in [6.07, 6.45) is 3.77. The third kappa shape index (κ3) is 6.75. The number of anilines is 1. The average molecular weight is 507 g/mol. The molecule has 176 valence electrons. The van der Waals surface area contributed by atoms with Gasteiger partial charge in [0.1, 0.15) is 18.2 Å². The molecule has 0 amide bonds. The summed E-state index contributed by atoms with van der Waals surface area (Å²) in [7, 11) is 0. The van der Waals surface area contributed by atoms with Gasteiger partial charge in [-0.15, -0.1) is 11.3 Å². The monoisotopic (exact) mass is 506 g/mol. The van der Waals surface area contributed by atoms with Crippen molar-refractivity contribution in [2.75, 3.05) is 18.5 Å². The number of aliphatic hydroxyl groups is 1. The Kier molecular flexibility index (Phi) is 9.66. The van der Waals surface area contributed by atoms with Gasteiger partial charge in [-0.05, 0) is 30.9 Å². The molecule has 10 heteroatoms. The SMILES string of the molecule is CCC(CCNc1ncncc1C(=O)c1cc(C(O)c2cccc(C)c2)c(Cl)s1)COSN. The highest BCUT2D eigenvalue weighted by molar-refractivity contribution is 7.92. The van der Waals surface area contributed by atoms with Gasteiger partial charge in [-0.2, -0.15) is 0 Å². The van der Waals surface area contributed by atoms with Gasteiger partial charge in [0.15, 0.2) is 0 Å². The molecular formula is C23H27ClN4O3S2. The summed E-state index contributed by atoms with van der Waals surface area (Å²) in [6, 6.07) is 9.21. The molecule has 2 aromatic heterocycles. The van der Waals surface area contributed by atoms with Crippen LogP contribution in [0, 0.1) is 12.8 Å². The van der Waals surface area contributed by atoms with E-state index in [-0.39, 0.29) is 5.78 Å². The normalized spacial score (nSPS) is 13.0. The van der Waals surface area contributed by atoms with Crippen LogP contribution in [0.5, 0.6) is 0 Å². The van der Waals surface area contributed by atoms with Crippen molar-refractivity contribution in [3.05, 3.63) is 74.3 Å². The summed E-state index contributed by atoms with van der Waals surface area (Å²) < 4.78 is 5.61. The molecule has 0 aliphatic rings. The molecular weight excluding hydrogens is 480 g/mol. The number of halogens is 1. The van der Waals surface area contributed by atoms with E-state index in [9.17, 15) is 9.90 Å². The van der Waals surface area contributed by atoms with Crippen molar-refractivity contribution in [2.45, 2.75) is 32.8 Å². The summed E-state index contributed by atoms with van der Waals surface area (Å²) in [5.41, 5.74) is 2.62. The molecule has 1 aromatic carbocycles. The average Bonchev–Trinajstić information content (AvgIpc) is 3.22. The molecule has 3 aromatic rings. The van der Waals surface area contributed by atoms with E-state index >= 15 is 0 Å². The summed E-state index contributed by atoms with van der Waals surface area (Å²) in [5, 5.41) is 19.4. The Morgan fingerprint density at radius 2 is 2.21 bits per heavy atom. The maximum absolute atomic E-state index is 13.3. The van der Waals surface area contributed by atoms with Crippen molar-refractivity contribution in [3.8, 4) is 0 Å². The van der Waals surface area contributed by atoms with Crippen LogP contribution in [0.4, 0.5) is 5.82 Å². The quantitative estimate of drug-likeness (QED) is 0.175. The summed E-state index contributed by atoms with van der Waals surface area (Å²) >= 11 is 8.42. The first-order valence-corrected chi connectivity index (χ1v) is 12.5. The van der Waals surface area contributed by atoms with Gasteiger partial charge in [-0.3, -0.25) is 9.93 Å². The van der Waals surface area contributed by atoms with Gasteiger partial charge in [-0.25, -0.2) is 9.97 Å². The van der Waals surface area contributed by atoms with Gasteiger partial charge < -0.3 is 14.6 Å². The zero-order valence-electron chi connectivity index (χ0n) is 18.5. The van der Waals surface area contributed by atoms with Crippen molar-refractivity contribution in [1.82, 2.24) is 9.97 Å². The number of aliphatic hydroxyl groups excluding tert-OH is 1. The Labute approximate surface area is 207 Å². The fraction of sp³-hybridized carbons (Fsp3) is 0.348. The number of carbonyl (C=O) groups excluding carboxylic acids is 1. The Morgan fingerprint density at radius 3 is 2.94 bits per heavy atom. The zero-order valence-corrected chi connectivity index (χ0v) is 20.8. The largest absolute Gasteiger partial charge is 0.384 e. The number of thiophene rings is 1. The Bertz CT molecular complexity index is 1080. The first-order chi connectivity index (χ1) is 15.9. The van der Waals surface area contributed by atoms with E-state index in [0.717, 1.165) is 47.5 Å². The van der Waals surface area contributed by atoms with E-state index < -0.39 is 6.10 Å². The maximum Gasteiger partial charge on any atom is 0.208 e. The van der Waals surface area contributed by atoms with Crippen molar-refractivity contribution < 1.29 is 14.1 Å². The minimum absolute atomic E-state index is 0.248. The molecule has 0 fully saturated rings. The molecule has 0 bridgehead atoms. The van der Waals surface area contributed by atoms with E-state index in [0.29, 0.717) is 45.2 Å². The molecule has 0 aliphatic heterocycles. The number of aryl methyl sites for hydroxylation is 1. The second kappa shape index (κ2) is 12.5. The molecule has 4 N–H and O–H groups in total. The van der Waals surface area contributed by atoms with E-state index in [1.165, 1.54) is 12.5 Å². The molecule has 3 rings (SSSR count). The molecule has 0 aliphatic carbocycles. The fourth-order valence-electron chi connectivity index (χ4n) is 3.41. The van der Waals surface area contributed by atoms with Crippen LogP contribution in [0.3, 0.4) is 0 Å². The Balaban J connectivity index is 1.75. The van der Waals surface area contributed by atoms with Gasteiger partial charge in [0.05, 0.1) is 33.6 Å². The number of ketones is 1. The molecule has 2 unspecified atom stereocenters. The van der Waals surface area contributed by atoms with Crippen molar-refractivity contribution in [2.24, 2.45) is 11.1 Å². The van der Waals surface area contributed by atoms with Crippen LogP contribution in [-0.4, -0.2) is 34.0 Å². The lowest BCUT2D eigenvalue weighted by Gasteiger charge is -2.15. The van der Waals surface area contributed by atoms with Crippen LogP contribution < -0.4 is 10.5 Å². The lowest BCUT2D eigenvalue weighted by atomic mass is 10.0. The topological polar surface area (TPSA) is 110 Å². The highest BCUT2D eigenvalue weighted by Gasteiger charge is 2.23. The zero-order chi connectivity index (χ0) is 23.8. The second-order valence-corrected chi connectivity index (χ2v) is 9.72. The number of hydrogen-bond acceptors (Lipinski definition) is 9. The van der Waals surface area contributed by atoms with Crippen LogP contribution in [0.1, 0.15) is 57.8 Å². The van der Waals surface area contributed by atoms with E-state index in [1.807, 2.05) is 31.2 Å². The minimum Gasteiger partial charge on any atom is -0.384 e.